The second-order valence-corrected chi connectivity index (χ2v) is 6.13. The van der Waals surface area contributed by atoms with Crippen LogP contribution in [0, 0.1) is 10.1 Å². The minimum atomic E-state index is -0.638. The number of pyridine rings is 1. The van der Waals surface area contributed by atoms with Crippen molar-refractivity contribution in [2.45, 2.75) is 6.92 Å². The first-order chi connectivity index (χ1) is 13.6. The summed E-state index contributed by atoms with van der Waals surface area (Å²) in [5.74, 6) is -0.638. The van der Waals surface area contributed by atoms with Crippen molar-refractivity contribution in [3.63, 3.8) is 0 Å². The molecule has 0 aliphatic carbocycles. The van der Waals surface area contributed by atoms with Crippen molar-refractivity contribution in [2.75, 3.05) is 37.8 Å². The van der Waals surface area contributed by atoms with E-state index in [0.717, 1.165) is 43.8 Å². The van der Waals surface area contributed by atoms with Crippen LogP contribution in [-0.4, -0.2) is 48.8 Å². The molecular weight excluding hydrogens is 362 g/mol. The Hall–Kier alpha value is -3.26. The SMILES string of the molecule is CCOC(=O)c1cc([N+](=O)[O-])cnc1/C=C/c1ccc(N2CCOCC2)cc1. The van der Waals surface area contributed by atoms with Crippen molar-refractivity contribution in [3.05, 3.63) is 63.5 Å². The molecule has 1 aromatic carbocycles. The second-order valence-electron chi connectivity index (χ2n) is 6.13. The largest absolute Gasteiger partial charge is 0.462 e. The first-order valence-electron chi connectivity index (χ1n) is 9.01. The summed E-state index contributed by atoms with van der Waals surface area (Å²) in [6.45, 7) is 5.03. The fourth-order valence-corrected chi connectivity index (χ4v) is 2.86. The lowest BCUT2D eigenvalue weighted by Crippen LogP contribution is -2.36. The lowest BCUT2D eigenvalue weighted by Gasteiger charge is -2.28. The molecule has 8 heteroatoms. The highest BCUT2D eigenvalue weighted by Gasteiger charge is 2.18. The normalized spacial score (nSPS) is 14.2. The lowest BCUT2D eigenvalue weighted by atomic mass is 10.1. The van der Waals surface area contributed by atoms with Gasteiger partial charge in [0.1, 0.15) is 6.20 Å². The summed E-state index contributed by atoms with van der Waals surface area (Å²) >= 11 is 0. The third-order valence-corrected chi connectivity index (χ3v) is 4.31. The fourth-order valence-electron chi connectivity index (χ4n) is 2.86. The van der Waals surface area contributed by atoms with Crippen molar-refractivity contribution >= 4 is 29.5 Å². The third kappa shape index (κ3) is 4.72. The van der Waals surface area contributed by atoms with Gasteiger partial charge in [-0.05, 0) is 30.7 Å². The van der Waals surface area contributed by atoms with Crippen LogP contribution in [0.3, 0.4) is 0 Å². The molecule has 0 saturated carbocycles. The summed E-state index contributed by atoms with van der Waals surface area (Å²) in [7, 11) is 0. The van der Waals surface area contributed by atoms with Gasteiger partial charge in [0.2, 0.25) is 0 Å². The molecule has 0 radical (unpaired) electrons. The van der Waals surface area contributed by atoms with Crippen LogP contribution in [0.2, 0.25) is 0 Å². The Balaban J connectivity index is 1.80. The Morgan fingerprint density at radius 1 is 1.29 bits per heavy atom. The molecule has 1 fully saturated rings. The Morgan fingerprint density at radius 3 is 2.64 bits per heavy atom. The highest BCUT2D eigenvalue weighted by Crippen LogP contribution is 2.20. The Labute approximate surface area is 162 Å². The van der Waals surface area contributed by atoms with Gasteiger partial charge in [-0.1, -0.05) is 18.2 Å². The number of morpholine rings is 1. The number of rotatable bonds is 6. The predicted octanol–water partition coefficient (Wildman–Crippen LogP) is 3.17. The number of carbonyl (C=O) groups is 1. The van der Waals surface area contributed by atoms with Crippen molar-refractivity contribution in [1.82, 2.24) is 4.98 Å². The van der Waals surface area contributed by atoms with Gasteiger partial charge in [-0.2, -0.15) is 0 Å². The van der Waals surface area contributed by atoms with E-state index in [1.807, 2.05) is 24.3 Å². The van der Waals surface area contributed by atoms with Crippen LogP contribution in [0.15, 0.2) is 36.5 Å². The molecule has 1 aromatic heterocycles. The maximum atomic E-state index is 12.1. The molecule has 1 saturated heterocycles. The zero-order chi connectivity index (χ0) is 19.9. The number of nitrogens with zero attached hydrogens (tertiary/aromatic N) is 3. The topological polar surface area (TPSA) is 94.8 Å². The second kappa shape index (κ2) is 9.09. The summed E-state index contributed by atoms with van der Waals surface area (Å²) in [5, 5.41) is 11.0. The molecule has 146 valence electrons. The molecule has 28 heavy (non-hydrogen) atoms. The first-order valence-corrected chi connectivity index (χ1v) is 9.01. The van der Waals surface area contributed by atoms with Gasteiger partial charge >= 0.3 is 5.97 Å². The highest BCUT2D eigenvalue weighted by molar-refractivity contribution is 5.94. The molecule has 1 aliphatic heterocycles. The van der Waals surface area contributed by atoms with E-state index in [-0.39, 0.29) is 17.9 Å². The van der Waals surface area contributed by atoms with Crippen molar-refractivity contribution in [2.24, 2.45) is 0 Å². The number of ether oxygens (including phenoxy) is 2. The van der Waals surface area contributed by atoms with Gasteiger partial charge in [0.25, 0.3) is 5.69 Å². The maximum Gasteiger partial charge on any atom is 0.340 e. The summed E-state index contributed by atoms with van der Waals surface area (Å²) in [6.07, 6.45) is 4.59. The number of nitro groups is 1. The van der Waals surface area contributed by atoms with Gasteiger partial charge in [0.05, 0.1) is 36.0 Å². The number of anilines is 1. The molecular formula is C20H21N3O5. The minimum absolute atomic E-state index is 0.0669. The highest BCUT2D eigenvalue weighted by atomic mass is 16.6. The number of hydrogen-bond acceptors (Lipinski definition) is 7. The summed E-state index contributed by atoms with van der Waals surface area (Å²) < 4.78 is 10.4. The number of aromatic nitrogens is 1. The van der Waals surface area contributed by atoms with Crippen LogP contribution >= 0.6 is 0 Å². The van der Waals surface area contributed by atoms with E-state index >= 15 is 0 Å². The zero-order valence-corrected chi connectivity index (χ0v) is 15.5. The van der Waals surface area contributed by atoms with E-state index in [9.17, 15) is 14.9 Å². The first kappa shape index (κ1) is 19.5. The average Bonchev–Trinajstić information content (AvgIpc) is 2.73. The van der Waals surface area contributed by atoms with Crippen molar-refractivity contribution in [3.8, 4) is 0 Å². The van der Waals surface area contributed by atoms with Gasteiger partial charge < -0.3 is 14.4 Å². The fraction of sp³-hybridized carbons (Fsp3) is 0.300. The van der Waals surface area contributed by atoms with Crippen LogP contribution in [-0.2, 0) is 9.47 Å². The number of benzene rings is 1. The van der Waals surface area contributed by atoms with Crippen LogP contribution in [0.5, 0.6) is 0 Å². The maximum absolute atomic E-state index is 12.1. The van der Waals surface area contributed by atoms with Crippen LogP contribution < -0.4 is 4.90 Å². The van der Waals surface area contributed by atoms with Crippen LogP contribution in [0.1, 0.15) is 28.5 Å². The Morgan fingerprint density at radius 2 is 2.00 bits per heavy atom. The molecule has 2 aromatic rings. The molecule has 0 N–H and O–H groups in total. The van der Waals surface area contributed by atoms with Crippen molar-refractivity contribution in [1.29, 1.82) is 0 Å². The molecule has 0 amide bonds. The minimum Gasteiger partial charge on any atom is -0.462 e. The predicted molar refractivity (Wildman–Crippen MR) is 105 cm³/mol. The van der Waals surface area contributed by atoms with Crippen LogP contribution in [0.4, 0.5) is 11.4 Å². The van der Waals surface area contributed by atoms with Gasteiger partial charge in [-0.15, -0.1) is 0 Å². The van der Waals surface area contributed by atoms with E-state index in [4.69, 9.17) is 9.47 Å². The summed E-state index contributed by atoms with van der Waals surface area (Å²) in [6, 6.07) is 9.18. The number of esters is 1. The summed E-state index contributed by atoms with van der Waals surface area (Å²) in [5.41, 5.74) is 2.18. The molecule has 3 rings (SSSR count). The van der Waals surface area contributed by atoms with E-state index in [1.54, 1.807) is 19.1 Å². The molecule has 0 bridgehead atoms. The van der Waals surface area contributed by atoms with Crippen molar-refractivity contribution < 1.29 is 19.2 Å². The molecule has 1 aliphatic rings. The van der Waals surface area contributed by atoms with Crippen LogP contribution in [0.25, 0.3) is 12.2 Å². The Kier molecular flexibility index (Phi) is 6.33. The van der Waals surface area contributed by atoms with E-state index in [2.05, 4.69) is 9.88 Å². The zero-order valence-electron chi connectivity index (χ0n) is 15.5. The summed E-state index contributed by atoms with van der Waals surface area (Å²) in [4.78, 5) is 28.8. The molecule has 0 unspecified atom stereocenters. The van der Waals surface area contributed by atoms with Gasteiger partial charge in [0.15, 0.2) is 0 Å². The standard InChI is InChI=1S/C20H21N3O5/c1-2-28-20(24)18-13-17(23(25)26)14-21-19(18)8-5-15-3-6-16(7-4-15)22-9-11-27-12-10-22/h3-8,13-14H,2,9-12H2,1H3/b8-5+. The monoisotopic (exact) mass is 383 g/mol. The van der Waals surface area contributed by atoms with Gasteiger partial charge in [0, 0.05) is 24.8 Å². The van der Waals surface area contributed by atoms with E-state index in [1.165, 1.54) is 6.07 Å². The van der Waals surface area contributed by atoms with E-state index < -0.39 is 10.9 Å². The number of hydrogen-bond donors (Lipinski definition) is 0. The molecule has 0 atom stereocenters. The average molecular weight is 383 g/mol. The Bertz CT molecular complexity index is 874. The van der Waals surface area contributed by atoms with E-state index in [0.29, 0.717) is 5.69 Å². The molecule has 8 nitrogen and oxygen atoms in total. The lowest BCUT2D eigenvalue weighted by molar-refractivity contribution is -0.385. The molecule has 2 heterocycles. The third-order valence-electron chi connectivity index (χ3n) is 4.31. The molecule has 0 spiro atoms. The van der Waals surface area contributed by atoms with Gasteiger partial charge in [-0.3, -0.25) is 10.1 Å². The smallest absolute Gasteiger partial charge is 0.340 e. The van der Waals surface area contributed by atoms with Gasteiger partial charge in [-0.25, -0.2) is 9.78 Å². The number of carbonyl (C=O) groups excluding carboxylic acids is 1. The quantitative estimate of drug-likeness (QED) is 0.429.